The molecule has 2 rings (SSSR count). The van der Waals surface area contributed by atoms with E-state index >= 15 is 0 Å². The van der Waals surface area contributed by atoms with E-state index in [9.17, 15) is 0 Å². The van der Waals surface area contributed by atoms with Crippen molar-refractivity contribution >= 4 is 11.6 Å². The molecule has 2 unspecified atom stereocenters. The number of hydrogen-bond acceptors (Lipinski definition) is 1. The third-order valence-electron chi connectivity index (χ3n) is 2.29. The summed E-state index contributed by atoms with van der Waals surface area (Å²) in [6.07, 6.45) is 1.08. The molecule has 0 spiro atoms. The average Bonchev–Trinajstić information content (AvgIpc) is 2.04. The lowest BCUT2D eigenvalue weighted by Gasteiger charge is -2.27. The van der Waals surface area contributed by atoms with Crippen LogP contribution in [0.3, 0.4) is 0 Å². The minimum atomic E-state index is -0.00931. The van der Waals surface area contributed by atoms with Crippen molar-refractivity contribution in [2.75, 3.05) is 0 Å². The molecular weight excluding hydrogens is 170 g/mol. The van der Waals surface area contributed by atoms with Crippen LogP contribution in [-0.4, -0.2) is 6.04 Å². The fourth-order valence-corrected chi connectivity index (χ4v) is 2.12. The van der Waals surface area contributed by atoms with Crippen molar-refractivity contribution in [1.29, 1.82) is 0 Å². The first-order valence-corrected chi connectivity index (χ1v) is 4.69. The van der Waals surface area contributed by atoms with Crippen LogP contribution in [0.15, 0.2) is 24.3 Å². The van der Waals surface area contributed by atoms with Crippen LogP contribution in [0.4, 0.5) is 0 Å². The molecule has 0 saturated carbocycles. The van der Waals surface area contributed by atoms with Gasteiger partial charge >= 0.3 is 0 Å². The number of rotatable bonds is 0. The van der Waals surface area contributed by atoms with E-state index in [2.05, 4.69) is 30.4 Å². The van der Waals surface area contributed by atoms with Crippen molar-refractivity contribution in [2.45, 2.75) is 24.9 Å². The van der Waals surface area contributed by atoms with Crippen LogP contribution in [0.1, 0.15) is 23.6 Å². The van der Waals surface area contributed by atoms with Crippen molar-refractivity contribution in [3.8, 4) is 0 Å². The molecule has 1 aliphatic rings. The Morgan fingerprint density at radius 3 is 3.00 bits per heavy atom. The predicted molar refractivity (Wildman–Crippen MR) is 51.3 cm³/mol. The minimum Gasteiger partial charge on any atom is -0.295 e. The molecule has 1 aromatic rings. The van der Waals surface area contributed by atoms with Crippen LogP contribution < -0.4 is 5.32 Å². The summed E-state index contributed by atoms with van der Waals surface area (Å²) in [6.45, 7) is 2.16. The second-order valence-corrected chi connectivity index (χ2v) is 3.77. The van der Waals surface area contributed by atoms with Gasteiger partial charge in [0.2, 0.25) is 0 Å². The van der Waals surface area contributed by atoms with Crippen LogP contribution in [0.2, 0.25) is 0 Å². The van der Waals surface area contributed by atoms with Crippen LogP contribution in [-0.2, 0) is 6.42 Å². The van der Waals surface area contributed by atoms with Gasteiger partial charge in [0.1, 0.15) is 5.50 Å². The first-order valence-electron chi connectivity index (χ1n) is 4.25. The quantitative estimate of drug-likeness (QED) is 0.479. The number of nitrogens with one attached hydrogen (secondary N) is 1. The topological polar surface area (TPSA) is 12.0 Å². The van der Waals surface area contributed by atoms with Gasteiger partial charge in [-0.1, -0.05) is 24.3 Å². The smallest absolute Gasteiger partial charge is 0.109 e. The molecule has 0 amide bonds. The highest BCUT2D eigenvalue weighted by Gasteiger charge is 2.20. The van der Waals surface area contributed by atoms with Crippen molar-refractivity contribution in [2.24, 2.45) is 0 Å². The van der Waals surface area contributed by atoms with E-state index in [0.29, 0.717) is 6.04 Å². The SMILES string of the molecule is CC1Cc2ccccc2C(Cl)N1. The fraction of sp³-hybridized carbons (Fsp3) is 0.400. The second-order valence-electron chi connectivity index (χ2n) is 3.33. The van der Waals surface area contributed by atoms with E-state index in [0.717, 1.165) is 6.42 Å². The molecule has 1 aliphatic heterocycles. The second kappa shape index (κ2) is 3.08. The molecule has 0 saturated heterocycles. The van der Waals surface area contributed by atoms with Gasteiger partial charge in [-0.15, -0.1) is 11.6 Å². The molecule has 64 valence electrons. The first kappa shape index (κ1) is 8.09. The lowest BCUT2D eigenvalue weighted by Crippen LogP contribution is -2.34. The minimum absolute atomic E-state index is 0.00931. The number of alkyl halides is 1. The van der Waals surface area contributed by atoms with E-state index in [-0.39, 0.29) is 5.50 Å². The van der Waals surface area contributed by atoms with Crippen molar-refractivity contribution in [1.82, 2.24) is 5.32 Å². The molecule has 0 fully saturated rings. The zero-order chi connectivity index (χ0) is 8.55. The highest BCUT2D eigenvalue weighted by Crippen LogP contribution is 2.27. The highest BCUT2D eigenvalue weighted by atomic mass is 35.5. The van der Waals surface area contributed by atoms with Gasteiger partial charge < -0.3 is 0 Å². The van der Waals surface area contributed by atoms with Gasteiger partial charge in [0, 0.05) is 6.04 Å². The van der Waals surface area contributed by atoms with Gasteiger partial charge in [-0.2, -0.15) is 0 Å². The van der Waals surface area contributed by atoms with E-state index in [4.69, 9.17) is 11.6 Å². The summed E-state index contributed by atoms with van der Waals surface area (Å²) in [7, 11) is 0. The average molecular weight is 182 g/mol. The van der Waals surface area contributed by atoms with E-state index < -0.39 is 0 Å². The lowest BCUT2D eigenvalue weighted by molar-refractivity contribution is 0.500. The summed E-state index contributed by atoms with van der Waals surface area (Å²) in [5, 5.41) is 3.30. The van der Waals surface area contributed by atoms with Crippen LogP contribution in [0, 0.1) is 0 Å². The number of fused-ring (bicyclic) bond motifs is 1. The number of hydrogen-bond donors (Lipinski definition) is 1. The van der Waals surface area contributed by atoms with Gasteiger partial charge in [0.05, 0.1) is 0 Å². The lowest BCUT2D eigenvalue weighted by atomic mass is 9.97. The molecule has 0 aromatic heterocycles. The largest absolute Gasteiger partial charge is 0.295 e. The van der Waals surface area contributed by atoms with Gasteiger partial charge in [-0.3, -0.25) is 5.32 Å². The summed E-state index contributed by atoms with van der Waals surface area (Å²) < 4.78 is 0. The Hall–Kier alpha value is -0.530. The van der Waals surface area contributed by atoms with Crippen LogP contribution in [0.25, 0.3) is 0 Å². The Labute approximate surface area is 77.7 Å². The summed E-state index contributed by atoms with van der Waals surface area (Å²) in [5.74, 6) is 0. The molecule has 12 heavy (non-hydrogen) atoms. The third-order valence-corrected chi connectivity index (χ3v) is 2.65. The summed E-state index contributed by atoms with van der Waals surface area (Å²) >= 11 is 6.13. The fourth-order valence-electron chi connectivity index (χ4n) is 1.70. The summed E-state index contributed by atoms with van der Waals surface area (Å²) in [5.41, 5.74) is 2.60. The maximum atomic E-state index is 6.13. The normalized spacial score (nSPS) is 28.2. The first-order chi connectivity index (χ1) is 5.77. The van der Waals surface area contributed by atoms with E-state index in [1.54, 1.807) is 0 Å². The van der Waals surface area contributed by atoms with E-state index in [1.165, 1.54) is 11.1 Å². The molecule has 0 radical (unpaired) electrons. The summed E-state index contributed by atoms with van der Waals surface area (Å²) in [4.78, 5) is 0. The third kappa shape index (κ3) is 1.35. The van der Waals surface area contributed by atoms with Gasteiger partial charge in [-0.25, -0.2) is 0 Å². The molecule has 1 nitrogen and oxygen atoms in total. The summed E-state index contributed by atoms with van der Waals surface area (Å²) in [6, 6.07) is 8.84. The van der Waals surface area contributed by atoms with Crippen molar-refractivity contribution < 1.29 is 0 Å². The Bertz CT molecular complexity index is 285. The van der Waals surface area contributed by atoms with E-state index in [1.807, 2.05) is 6.07 Å². The van der Waals surface area contributed by atoms with Crippen molar-refractivity contribution in [3.63, 3.8) is 0 Å². The van der Waals surface area contributed by atoms with Gasteiger partial charge in [-0.05, 0) is 24.5 Å². The maximum Gasteiger partial charge on any atom is 0.109 e. The number of halogens is 1. The molecule has 2 atom stereocenters. The Balaban J connectivity index is 2.40. The Morgan fingerprint density at radius 1 is 1.42 bits per heavy atom. The maximum absolute atomic E-state index is 6.13. The zero-order valence-electron chi connectivity index (χ0n) is 7.05. The molecule has 2 heteroatoms. The molecule has 1 N–H and O–H groups in total. The van der Waals surface area contributed by atoms with Crippen LogP contribution >= 0.6 is 11.6 Å². The molecular formula is C10H12ClN. The zero-order valence-corrected chi connectivity index (χ0v) is 7.81. The predicted octanol–water partition coefficient (Wildman–Crippen LogP) is 2.46. The number of benzene rings is 1. The monoisotopic (exact) mass is 181 g/mol. The van der Waals surface area contributed by atoms with Crippen LogP contribution in [0.5, 0.6) is 0 Å². The highest BCUT2D eigenvalue weighted by molar-refractivity contribution is 6.20. The molecule has 1 heterocycles. The Kier molecular flexibility index (Phi) is 2.07. The molecule has 0 aliphatic carbocycles. The van der Waals surface area contributed by atoms with Gasteiger partial charge in [0.15, 0.2) is 0 Å². The standard InChI is InChI=1S/C10H12ClN/c1-7-6-8-4-2-3-5-9(8)10(11)12-7/h2-5,7,10,12H,6H2,1H3. The van der Waals surface area contributed by atoms with Crippen molar-refractivity contribution in [3.05, 3.63) is 35.4 Å². The Morgan fingerprint density at radius 2 is 2.17 bits per heavy atom. The van der Waals surface area contributed by atoms with Gasteiger partial charge in [0.25, 0.3) is 0 Å². The molecule has 1 aromatic carbocycles. The molecule has 0 bridgehead atoms.